The lowest BCUT2D eigenvalue weighted by atomic mass is 9.89. The van der Waals surface area contributed by atoms with Gasteiger partial charge in [-0.2, -0.15) is 0 Å². The van der Waals surface area contributed by atoms with Crippen LogP contribution >= 0.6 is 11.8 Å². The molecule has 0 spiro atoms. The Kier molecular flexibility index (Phi) is 6.01. The van der Waals surface area contributed by atoms with Gasteiger partial charge < -0.3 is 5.32 Å². The SMILES string of the molecule is Fc1cccc(SCCNCC2CCCCC2)c1. The summed E-state index contributed by atoms with van der Waals surface area (Å²) in [6, 6.07) is 6.83. The lowest BCUT2D eigenvalue weighted by molar-refractivity contribution is 0.345. The van der Waals surface area contributed by atoms with Crippen LogP contribution < -0.4 is 5.32 Å². The first-order valence-electron chi connectivity index (χ1n) is 6.94. The second-order valence-electron chi connectivity index (χ2n) is 5.01. The van der Waals surface area contributed by atoms with Crippen LogP contribution in [0.2, 0.25) is 0 Å². The van der Waals surface area contributed by atoms with E-state index in [1.165, 1.54) is 38.2 Å². The summed E-state index contributed by atoms with van der Waals surface area (Å²) in [6.45, 7) is 2.17. The van der Waals surface area contributed by atoms with Crippen molar-refractivity contribution in [1.82, 2.24) is 5.32 Å². The van der Waals surface area contributed by atoms with Crippen molar-refractivity contribution < 1.29 is 4.39 Å². The molecule has 1 saturated carbocycles. The molecular formula is C15H22FNS. The van der Waals surface area contributed by atoms with Gasteiger partial charge in [0.1, 0.15) is 5.82 Å². The van der Waals surface area contributed by atoms with E-state index in [0.717, 1.165) is 29.7 Å². The fourth-order valence-electron chi connectivity index (χ4n) is 2.50. The molecule has 0 bridgehead atoms. The van der Waals surface area contributed by atoms with Gasteiger partial charge in [-0.1, -0.05) is 25.3 Å². The summed E-state index contributed by atoms with van der Waals surface area (Å²) in [5, 5.41) is 3.53. The number of halogens is 1. The van der Waals surface area contributed by atoms with Crippen LogP contribution in [-0.2, 0) is 0 Å². The van der Waals surface area contributed by atoms with Crippen LogP contribution in [0.4, 0.5) is 4.39 Å². The molecule has 2 rings (SSSR count). The van der Waals surface area contributed by atoms with Gasteiger partial charge in [0, 0.05) is 17.2 Å². The quantitative estimate of drug-likeness (QED) is 0.615. The lowest BCUT2D eigenvalue weighted by Crippen LogP contribution is -2.26. The Morgan fingerprint density at radius 3 is 2.83 bits per heavy atom. The van der Waals surface area contributed by atoms with Crippen LogP contribution in [0.1, 0.15) is 32.1 Å². The van der Waals surface area contributed by atoms with Crippen LogP contribution in [0.3, 0.4) is 0 Å². The van der Waals surface area contributed by atoms with Crippen molar-refractivity contribution in [2.24, 2.45) is 5.92 Å². The standard InChI is InChI=1S/C15H22FNS/c16-14-7-4-8-15(11-14)18-10-9-17-12-13-5-2-1-3-6-13/h4,7-8,11,13,17H,1-3,5-6,9-10,12H2. The Morgan fingerprint density at radius 2 is 2.06 bits per heavy atom. The molecule has 1 aliphatic rings. The number of rotatable bonds is 6. The summed E-state index contributed by atoms with van der Waals surface area (Å²) in [6.07, 6.45) is 7.02. The molecule has 1 N–H and O–H groups in total. The smallest absolute Gasteiger partial charge is 0.124 e. The van der Waals surface area contributed by atoms with E-state index >= 15 is 0 Å². The highest BCUT2D eigenvalue weighted by Gasteiger charge is 2.12. The van der Waals surface area contributed by atoms with E-state index in [4.69, 9.17) is 0 Å². The monoisotopic (exact) mass is 267 g/mol. The minimum atomic E-state index is -0.143. The molecule has 18 heavy (non-hydrogen) atoms. The third-order valence-electron chi connectivity index (χ3n) is 3.50. The van der Waals surface area contributed by atoms with E-state index in [2.05, 4.69) is 5.32 Å². The molecule has 0 amide bonds. The van der Waals surface area contributed by atoms with Gasteiger partial charge in [-0.15, -0.1) is 11.8 Å². The van der Waals surface area contributed by atoms with Crippen molar-refractivity contribution in [3.8, 4) is 0 Å². The van der Waals surface area contributed by atoms with Gasteiger partial charge in [0.05, 0.1) is 0 Å². The zero-order valence-corrected chi connectivity index (χ0v) is 11.6. The Labute approximate surface area is 114 Å². The van der Waals surface area contributed by atoms with Crippen molar-refractivity contribution in [3.63, 3.8) is 0 Å². The molecule has 3 heteroatoms. The molecule has 0 atom stereocenters. The molecule has 0 aliphatic heterocycles. The summed E-state index contributed by atoms with van der Waals surface area (Å²) in [7, 11) is 0. The van der Waals surface area contributed by atoms with E-state index in [9.17, 15) is 4.39 Å². The van der Waals surface area contributed by atoms with E-state index in [-0.39, 0.29) is 5.82 Å². The molecule has 0 radical (unpaired) electrons. The van der Waals surface area contributed by atoms with Gasteiger partial charge in [-0.05, 0) is 43.5 Å². The van der Waals surface area contributed by atoms with Gasteiger partial charge in [-0.3, -0.25) is 0 Å². The second kappa shape index (κ2) is 7.80. The minimum Gasteiger partial charge on any atom is -0.316 e. The number of nitrogens with one attached hydrogen (secondary N) is 1. The van der Waals surface area contributed by atoms with Crippen molar-refractivity contribution in [3.05, 3.63) is 30.1 Å². The van der Waals surface area contributed by atoms with Gasteiger partial charge in [0.2, 0.25) is 0 Å². The van der Waals surface area contributed by atoms with Gasteiger partial charge in [0.15, 0.2) is 0 Å². The summed E-state index contributed by atoms with van der Waals surface area (Å²) in [4.78, 5) is 1.02. The number of hydrogen-bond donors (Lipinski definition) is 1. The van der Waals surface area contributed by atoms with Crippen LogP contribution in [-0.4, -0.2) is 18.8 Å². The van der Waals surface area contributed by atoms with Gasteiger partial charge in [-0.25, -0.2) is 4.39 Å². The Balaban J connectivity index is 1.55. The largest absolute Gasteiger partial charge is 0.316 e. The average Bonchev–Trinajstić information content (AvgIpc) is 2.40. The first kappa shape index (κ1) is 13.9. The second-order valence-corrected chi connectivity index (χ2v) is 6.18. The third kappa shape index (κ3) is 4.99. The maximum atomic E-state index is 13.0. The highest BCUT2D eigenvalue weighted by atomic mass is 32.2. The number of thioether (sulfide) groups is 1. The topological polar surface area (TPSA) is 12.0 Å². The first-order chi connectivity index (χ1) is 8.84. The van der Waals surface area contributed by atoms with Crippen LogP contribution in [0.25, 0.3) is 0 Å². The number of benzene rings is 1. The van der Waals surface area contributed by atoms with E-state index in [1.807, 2.05) is 6.07 Å². The Morgan fingerprint density at radius 1 is 1.22 bits per heavy atom. The summed E-state index contributed by atoms with van der Waals surface area (Å²) < 4.78 is 13.0. The fourth-order valence-corrected chi connectivity index (χ4v) is 3.35. The third-order valence-corrected chi connectivity index (χ3v) is 4.50. The minimum absolute atomic E-state index is 0.143. The molecule has 1 nitrogen and oxygen atoms in total. The lowest BCUT2D eigenvalue weighted by Gasteiger charge is -2.21. The predicted octanol–water partition coefficient (Wildman–Crippen LogP) is 4.09. The maximum Gasteiger partial charge on any atom is 0.124 e. The van der Waals surface area contributed by atoms with Crippen LogP contribution in [0.5, 0.6) is 0 Å². The molecule has 100 valence electrons. The summed E-state index contributed by atoms with van der Waals surface area (Å²) in [5.74, 6) is 1.75. The Bertz CT molecular complexity index is 350. The van der Waals surface area contributed by atoms with E-state index in [0.29, 0.717) is 0 Å². The van der Waals surface area contributed by atoms with Crippen molar-refractivity contribution in [2.75, 3.05) is 18.8 Å². The maximum absolute atomic E-state index is 13.0. The summed E-state index contributed by atoms with van der Waals surface area (Å²) >= 11 is 1.72. The molecule has 0 unspecified atom stereocenters. The highest BCUT2D eigenvalue weighted by Crippen LogP contribution is 2.23. The molecule has 1 fully saturated rings. The molecule has 1 aromatic carbocycles. The van der Waals surface area contributed by atoms with E-state index in [1.54, 1.807) is 23.9 Å². The zero-order valence-electron chi connectivity index (χ0n) is 10.8. The predicted molar refractivity (Wildman–Crippen MR) is 76.6 cm³/mol. The molecule has 1 aromatic rings. The van der Waals surface area contributed by atoms with Crippen LogP contribution in [0.15, 0.2) is 29.2 Å². The highest BCUT2D eigenvalue weighted by molar-refractivity contribution is 7.99. The molecular weight excluding hydrogens is 245 g/mol. The average molecular weight is 267 g/mol. The fraction of sp³-hybridized carbons (Fsp3) is 0.600. The van der Waals surface area contributed by atoms with Gasteiger partial charge in [0.25, 0.3) is 0 Å². The van der Waals surface area contributed by atoms with Crippen LogP contribution in [0, 0.1) is 11.7 Å². The molecule has 0 saturated heterocycles. The van der Waals surface area contributed by atoms with Crippen molar-refractivity contribution in [1.29, 1.82) is 0 Å². The Hall–Kier alpha value is -0.540. The van der Waals surface area contributed by atoms with Crippen molar-refractivity contribution in [2.45, 2.75) is 37.0 Å². The molecule has 0 aromatic heterocycles. The van der Waals surface area contributed by atoms with Crippen molar-refractivity contribution >= 4 is 11.8 Å². The molecule has 0 heterocycles. The summed E-state index contributed by atoms with van der Waals surface area (Å²) in [5.41, 5.74) is 0. The normalized spacial score (nSPS) is 16.9. The van der Waals surface area contributed by atoms with Gasteiger partial charge >= 0.3 is 0 Å². The van der Waals surface area contributed by atoms with E-state index < -0.39 is 0 Å². The first-order valence-corrected chi connectivity index (χ1v) is 7.92. The zero-order chi connectivity index (χ0) is 12.6. The number of hydrogen-bond acceptors (Lipinski definition) is 2. The molecule has 1 aliphatic carbocycles.